The first-order valence-electron chi connectivity index (χ1n) is 6.18. The first-order valence-corrected chi connectivity index (χ1v) is 6.18. The van der Waals surface area contributed by atoms with Crippen molar-refractivity contribution in [1.82, 2.24) is 4.98 Å². The van der Waals surface area contributed by atoms with Crippen LogP contribution >= 0.6 is 0 Å². The van der Waals surface area contributed by atoms with E-state index < -0.39 is 6.10 Å². The zero-order valence-electron chi connectivity index (χ0n) is 10.7. The lowest BCUT2D eigenvalue weighted by molar-refractivity contribution is -0.0708. The number of hydrogen-bond donors (Lipinski definition) is 1. The minimum Gasteiger partial charge on any atom is -0.489 e. The van der Waals surface area contributed by atoms with Crippen LogP contribution in [-0.2, 0) is 9.47 Å². The van der Waals surface area contributed by atoms with Crippen molar-refractivity contribution in [2.75, 3.05) is 13.2 Å². The molecule has 0 bridgehead atoms. The lowest BCUT2D eigenvalue weighted by atomic mass is 10.1. The molecule has 5 heteroatoms. The molecule has 1 fully saturated rings. The lowest BCUT2D eigenvalue weighted by Crippen LogP contribution is -2.13. The molecule has 1 unspecified atom stereocenters. The van der Waals surface area contributed by atoms with E-state index in [4.69, 9.17) is 14.2 Å². The quantitative estimate of drug-likeness (QED) is 0.864. The molecule has 0 amide bonds. The number of aliphatic hydroxyl groups is 1. The Morgan fingerprint density at radius 2 is 2.11 bits per heavy atom. The molecule has 1 aromatic heterocycles. The average Bonchev–Trinajstić information content (AvgIpc) is 2.81. The summed E-state index contributed by atoms with van der Waals surface area (Å²) in [5.74, 6) is 0.662. The van der Waals surface area contributed by atoms with Crippen LogP contribution in [-0.4, -0.2) is 35.7 Å². The standard InChI is InChI=1S/C13H19NO4/c1-9(2)18-11-5-10(7-14-8-11)12(15)6-13-16-3-4-17-13/h5,7-9,12-13,15H,3-4,6H2,1-2H3. The van der Waals surface area contributed by atoms with E-state index in [-0.39, 0.29) is 12.4 Å². The number of hydrogen-bond acceptors (Lipinski definition) is 5. The SMILES string of the molecule is CC(C)Oc1cncc(C(O)CC2OCCO2)c1. The second-order valence-electron chi connectivity index (χ2n) is 4.54. The van der Waals surface area contributed by atoms with E-state index >= 15 is 0 Å². The number of pyridine rings is 1. The summed E-state index contributed by atoms with van der Waals surface area (Å²) in [5, 5.41) is 10.1. The topological polar surface area (TPSA) is 60.8 Å². The Kier molecular flexibility index (Phi) is 4.52. The molecule has 2 rings (SSSR count). The zero-order chi connectivity index (χ0) is 13.0. The maximum Gasteiger partial charge on any atom is 0.160 e. The van der Waals surface area contributed by atoms with Gasteiger partial charge in [-0.05, 0) is 19.9 Å². The number of aromatic nitrogens is 1. The Morgan fingerprint density at radius 1 is 1.39 bits per heavy atom. The van der Waals surface area contributed by atoms with E-state index in [0.717, 1.165) is 0 Å². The van der Waals surface area contributed by atoms with Gasteiger partial charge in [0.15, 0.2) is 6.29 Å². The summed E-state index contributed by atoms with van der Waals surface area (Å²) < 4.78 is 16.2. The van der Waals surface area contributed by atoms with Crippen LogP contribution in [0.2, 0.25) is 0 Å². The van der Waals surface area contributed by atoms with E-state index in [1.54, 1.807) is 18.5 Å². The molecule has 5 nitrogen and oxygen atoms in total. The number of ether oxygens (including phenoxy) is 3. The molecule has 2 heterocycles. The molecule has 1 aliphatic rings. The summed E-state index contributed by atoms with van der Waals surface area (Å²) >= 11 is 0. The molecular formula is C13H19NO4. The van der Waals surface area contributed by atoms with Crippen LogP contribution in [0.4, 0.5) is 0 Å². The highest BCUT2D eigenvalue weighted by atomic mass is 16.7. The summed E-state index contributed by atoms with van der Waals surface area (Å²) in [7, 11) is 0. The van der Waals surface area contributed by atoms with Crippen LogP contribution in [0.1, 0.15) is 31.9 Å². The Labute approximate surface area is 107 Å². The summed E-state index contributed by atoms with van der Waals surface area (Å²) in [6, 6.07) is 1.80. The van der Waals surface area contributed by atoms with Gasteiger partial charge in [0.1, 0.15) is 5.75 Å². The van der Waals surface area contributed by atoms with Gasteiger partial charge in [0, 0.05) is 18.2 Å². The zero-order valence-corrected chi connectivity index (χ0v) is 10.7. The summed E-state index contributed by atoms with van der Waals surface area (Å²) in [4.78, 5) is 4.07. The van der Waals surface area contributed by atoms with Gasteiger partial charge in [0.25, 0.3) is 0 Å². The molecule has 18 heavy (non-hydrogen) atoms. The van der Waals surface area contributed by atoms with Crippen molar-refractivity contribution in [2.45, 2.75) is 38.8 Å². The van der Waals surface area contributed by atoms with Gasteiger partial charge in [0.2, 0.25) is 0 Å². The van der Waals surface area contributed by atoms with E-state index in [1.807, 2.05) is 13.8 Å². The predicted molar refractivity (Wildman–Crippen MR) is 65.3 cm³/mol. The number of nitrogens with zero attached hydrogens (tertiary/aromatic N) is 1. The fourth-order valence-corrected chi connectivity index (χ4v) is 1.82. The van der Waals surface area contributed by atoms with Crippen LogP contribution in [0.3, 0.4) is 0 Å². The molecule has 1 atom stereocenters. The number of rotatable bonds is 5. The van der Waals surface area contributed by atoms with Gasteiger partial charge in [-0.15, -0.1) is 0 Å². The number of aliphatic hydroxyl groups excluding tert-OH is 1. The fraction of sp³-hybridized carbons (Fsp3) is 0.615. The normalized spacial score (nSPS) is 18.2. The molecular weight excluding hydrogens is 234 g/mol. The van der Waals surface area contributed by atoms with Gasteiger partial charge in [-0.3, -0.25) is 4.98 Å². The highest BCUT2D eigenvalue weighted by Gasteiger charge is 2.21. The molecule has 1 N–H and O–H groups in total. The van der Waals surface area contributed by atoms with Gasteiger partial charge in [-0.25, -0.2) is 0 Å². The van der Waals surface area contributed by atoms with Gasteiger partial charge < -0.3 is 19.3 Å². The van der Waals surface area contributed by atoms with Crippen molar-refractivity contribution in [2.24, 2.45) is 0 Å². The molecule has 0 aromatic carbocycles. The second kappa shape index (κ2) is 6.13. The third-order valence-electron chi connectivity index (χ3n) is 2.60. The second-order valence-corrected chi connectivity index (χ2v) is 4.54. The molecule has 100 valence electrons. The van der Waals surface area contributed by atoms with Crippen LogP contribution < -0.4 is 4.74 Å². The van der Waals surface area contributed by atoms with E-state index in [0.29, 0.717) is 30.9 Å². The van der Waals surface area contributed by atoms with Crippen molar-refractivity contribution in [3.8, 4) is 5.75 Å². The van der Waals surface area contributed by atoms with Crippen molar-refractivity contribution in [3.05, 3.63) is 24.0 Å². The molecule has 1 saturated heterocycles. The summed E-state index contributed by atoms with van der Waals surface area (Å²) in [6.45, 7) is 5.07. The highest BCUT2D eigenvalue weighted by molar-refractivity contribution is 5.25. The Morgan fingerprint density at radius 3 is 2.78 bits per heavy atom. The van der Waals surface area contributed by atoms with Gasteiger partial charge in [-0.2, -0.15) is 0 Å². The van der Waals surface area contributed by atoms with Crippen LogP contribution in [0.5, 0.6) is 5.75 Å². The van der Waals surface area contributed by atoms with E-state index in [9.17, 15) is 5.11 Å². The van der Waals surface area contributed by atoms with Gasteiger partial charge >= 0.3 is 0 Å². The van der Waals surface area contributed by atoms with Gasteiger partial charge in [0.05, 0.1) is 31.6 Å². The molecule has 0 saturated carbocycles. The average molecular weight is 253 g/mol. The maximum atomic E-state index is 10.1. The van der Waals surface area contributed by atoms with Crippen LogP contribution in [0.15, 0.2) is 18.5 Å². The largest absolute Gasteiger partial charge is 0.489 e. The van der Waals surface area contributed by atoms with E-state index in [1.165, 1.54) is 0 Å². The lowest BCUT2D eigenvalue weighted by Gasteiger charge is -2.16. The van der Waals surface area contributed by atoms with Crippen LogP contribution in [0.25, 0.3) is 0 Å². The first-order chi connectivity index (χ1) is 8.65. The van der Waals surface area contributed by atoms with Crippen LogP contribution in [0, 0.1) is 0 Å². The minimum absolute atomic E-state index is 0.0840. The molecule has 0 spiro atoms. The van der Waals surface area contributed by atoms with Crippen molar-refractivity contribution in [1.29, 1.82) is 0 Å². The van der Waals surface area contributed by atoms with E-state index in [2.05, 4.69) is 4.98 Å². The minimum atomic E-state index is -0.656. The Balaban J connectivity index is 1.98. The van der Waals surface area contributed by atoms with Crippen molar-refractivity contribution < 1.29 is 19.3 Å². The molecule has 0 aliphatic carbocycles. The molecule has 1 aliphatic heterocycles. The molecule has 1 aromatic rings. The monoisotopic (exact) mass is 253 g/mol. The summed E-state index contributed by atoms with van der Waals surface area (Å²) in [5.41, 5.74) is 0.715. The summed E-state index contributed by atoms with van der Waals surface area (Å²) in [6.07, 6.45) is 2.78. The Bertz CT molecular complexity index is 377. The first kappa shape index (κ1) is 13.3. The smallest absolute Gasteiger partial charge is 0.160 e. The van der Waals surface area contributed by atoms with Gasteiger partial charge in [-0.1, -0.05) is 0 Å². The van der Waals surface area contributed by atoms with Crippen molar-refractivity contribution in [3.63, 3.8) is 0 Å². The van der Waals surface area contributed by atoms with Crippen molar-refractivity contribution >= 4 is 0 Å². The highest BCUT2D eigenvalue weighted by Crippen LogP contribution is 2.24. The molecule has 0 radical (unpaired) electrons. The Hall–Kier alpha value is -1.17. The predicted octanol–water partition coefficient (Wildman–Crippen LogP) is 1.67. The maximum absolute atomic E-state index is 10.1. The third-order valence-corrected chi connectivity index (χ3v) is 2.60. The fourth-order valence-electron chi connectivity index (χ4n) is 1.82. The third kappa shape index (κ3) is 3.66.